The van der Waals surface area contributed by atoms with Gasteiger partial charge in [-0.15, -0.1) is 0 Å². The molecule has 1 N–H and O–H groups in total. The van der Waals surface area contributed by atoms with Crippen molar-refractivity contribution in [2.24, 2.45) is 0 Å². The zero-order valence-electron chi connectivity index (χ0n) is 14.4. The van der Waals surface area contributed by atoms with Gasteiger partial charge in [-0.2, -0.15) is 0 Å². The summed E-state index contributed by atoms with van der Waals surface area (Å²) in [7, 11) is 1.63. The largest absolute Gasteiger partial charge is 0.497 e. The van der Waals surface area contributed by atoms with Gasteiger partial charge in [0.05, 0.1) is 12.7 Å². The third-order valence-corrected chi connectivity index (χ3v) is 4.53. The third-order valence-electron chi connectivity index (χ3n) is 4.53. The monoisotopic (exact) mass is 345 g/mol. The van der Waals surface area contributed by atoms with Crippen LogP contribution in [0.2, 0.25) is 0 Å². The number of ether oxygens (including phenoxy) is 2. The van der Waals surface area contributed by atoms with Crippen molar-refractivity contribution in [3.05, 3.63) is 90.0 Å². The molecule has 4 heteroatoms. The first-order valence-corrected chi connectivity index (χ1v) is 8.52. The van der Waals surface area contributed by atoms with Crippen molar-refractivity contribution in [3.8, 4) is 11.5 Å². The van der Waals surface area contributed by atoms with Crippen LogP contribution in [-0.2, 0) is 0 Å². The highest BCUT2D eigenvalue weighted by molar-refractivity contribution is 6.05. The maximum atomic E-state index is 13.2. The van der Waals surface area contributed by atoms with E-state index in [0.29, 0.717) is 11.3 Å². The van der Waals surface area contributed by atoms with Gasteiger partial charge in [0, 0.05) is 5.69 Å². The number of methoxy groups -OCH3 is 1. The van der Waals surface area contributed by atoms with Crippen molar-refractivity contribution in [2.75, 3.05) is 12.4 Å². The summed E-state index contributed by atoms with van der Waals surface area (Å²) in [5.74, 6) is 1.41. The van der Waals surface area contributed by atoms with E-state index in [1.807, 2.05) is 78.9 Å². The van der Waals surface area contributed by atoms with E-state index in [4.69, 9.17) is 9.47 Å². The SMILES string of the molecule is COc1ccc(C2Oc3ccccc3C(=O)C2Nc2ccccc2)cc1. The lowest BCUT2D eigenvalue weighted by Gasteiger charge is -2.33. The fourth-order valence-corrected chi connectivity index (χ4v) is 3.19. The van der Waals surface area contributed by atoms with E-state index in [2.05, 4.69) is 5.32 Å². The second kappa shape index (κ2) is 6.92. The third kappa shape index (κ3) is 3.02. The lowest BCUT2D eigenvalue weighted by molar-refractivity contribution is 0.0812. The summed E-state index contributed by atoms with van der Waals surface area (Å²) in [4.78, 5) is 13.2. The molecule has 1 aliphatic rings. The number of nitrogens with one attached hydrogen (secondary N) is 1. The Bertz CT molecular complexity index is 906. The molecular formula is C22H19NO3. The maximum Gasteiger partial charge on any atom is 0.192 e. The smallest absolute Gasteiger partial charge is 0.192 e. The van der Waals surface area contributed by atoms with Crippen molar-refractivity contribution in [3.63, 3.8) is 0 Å². The van der Waals surface area contributed by atoms with E-state index in [1.165, 1.54) is 0 Å². The molecule has 0 radical (unpaired) electrons. The van der Waals surface area contributed by atoms with Gasteiger partial charge in [0.2, 0.25) is 0 Å². The van der Waals surface area contributed by atoms with Gasteiger partial charge in [0.1, 0.15) is 17.5 Å². The van der Waals surface area contributed by atoms with Crippen LogP contribution in [0.4, 0.5) is 5.69 Å². The van der Waals surface area contributed by atoms with E-state index < -0.39 is 12.1 Å². The number of benzene rings is 3. The highest BCUT2D eigenvalue weighted by Gasteiger charge is 2.38. The van der Waals surface area contributed by atoms with Crippen LogP contribution in [0.1, 0.15) is 22.0 Å². The van der Waals surface area contributed by atoms with Crippen LogP contribution in [0.15, 0.2) is 78.9 Å². The number of Topliss-reactive ketones (excluding diaryl/α,β-unsaturated/α-hetero) is 1. The number of hydrogen-bond donors (Lipinski definition) is 1. The summed E-state index contributed by atoms with van der Waals surface area (Å²) in [6.07, 6.45) is -0.427. The Hall–Kier alpha value is -3.27. The predicted octanol–water partition coefficient (Wildman–Crippen LogP) is 4.49. The molecule has 0 aromatic heterocycles. The molecule has 1 aliphatic heterocycles. The van der Waals surface area contributed by atoms with Crippen molar-refractivity contribution in [1.29, 1.82) is 0 Å². The minimum atomic E-state index is -0.513. The van der Waals surface area contributed by atoms with Crippen molar-refractivity contribution in [1.82, 2.24) is 0 Å². The lowest BCUT2D eigenvalue weighted by atomic mass is 9.91. The van der Waals surface area contributed by atoms with E-state index in [0.717, 1.165) is 17.0 Å². The maximum absolute atomic E-state index is 13.2. The average Bonchev–Trinajstić information content (AvgIpc) is 2.71. The first-order chi connectivity index (χ1) is 12.8. The molecule has 0 fully saturated rings. The number of ketones is 1. The van der Waals surface area contributed by atoms with Gasteiger partial charge in [-0.05, 0) is 42.0 Å². The zero-order chi connectivity index (χ0) is 17.9. The number of carbonyl (C=O) groups excluding carboxylic acids is 1. The number of carbonyl (C=O) groups is 1. The number of anilines is 1. The minimum Gasteiger partial charge on any atom is -0.497 e. The normalized spacial score (nSPS) is 18.6. The molecule has 0 amide bonds. The molecule has 2 atom stereocenters. The standard InChI is InChI=1S/C22H19NO3/c1-25-17-13-11-15(12-14-17)22-20(23-16-7-3-2-4-8-16)21(24)18-9-5-6-10-19(18)26-22/h2-14,20,22-23H,1H3. The predicted molar refractivity (Wildman–Crippen MR) is 101 cm³/mol. The molecule has 0 saturated heterocycles. The van der Waals surface area contributed by atoms with Gasteiger partial charge < -0.3 is 14.8 Å². The second-order valence-electron chi connectivity index (χ2n) is 6.16. The number of fused-ring (bicyclic) bond motifs is 1. The molecule has 26 heavy (non-hydrogen) atoms. The zero-order valence-corrected chi connectivity index (χ0v) is 14.4. The van der Waals surface area contributed by atoms with Crippen LogP contribution in [0, 0.1) is 0 Å². The number of para-hydroxylation sites is 2. The fraction of sp³-hybridized carbons (Fsp3) is 0.136. The molecule has 130 valence electrons. The summed E-state index contributed by atoms with van der Waals surface area (Å²) in [5.41, 5.74) is 2.40. The molecule has 4 nitrogen and oxygen atoms in total. The van der Waals surface area contributed by atoms with Gasteiger partial charge >= 0.3 is 0 Å². The highest BCUT2D eigenvalue weighted by atomic mass is 16.5. The summed E-state index contributed by atoms with van der Waals surface area (Å²) in [6, 6.07) is 24.2. The second-order valence-corrected chi connectivity index (χ2v) is 6.16. The fourth-order valence-electron chi connectivity index (χ4n) is 3.19. The average molecular weight is 345 g/mol. The summed E-state index contributed by atoms with van der Waals surface area (Å²) >= 11 is 0. The van der Waals surface area contributed by atoms with E-state index in [9.17, 15) is 4.79 Å². The molecule has 0 aliphatic carbocycles. The minimum absolute atomic E-state index is 0.0246. The Morgan fingerprint density at radius 3 is 2.31 bits per heavy atom. The molecule has 0 saturated carbocycles. The quantitative estimate of drug-likeness (QED) is 0.757. The first kappa shape index (κ1) is 16.2. The molecule has 3 aromatic rings. The van der Waals surface area contributed by atoms with Crippen LogP contribution < -0.4 is 14.8 Å². The summed E-state index contributed by atoms with van der Waals surface area (Å²) in [6.45, 7) is 0. The molecular weight excluding hydrogens is 326 g/mol. The molecule has 2 unspecified atom stereocenters. The van der Waals surface area contributed by atoms with E-state index in [-0.39, 0.29) is 5.78 Å². The van der Waals surface area contributed by atoms with Crippen molar-refractivity contribution in [2.45, 2.75) is 12.1 Å². The molecule has 4 rings (SSSR count). The Balaban J connectivity index is 1.73. The first-order valence-electron chi connectivity index (χ1n) is 8.52. The Labute approximate surface area is 152 Å². The Kier molecular flexibility index (Phi) is 4.32. The van der Waals surface area contributed by atoms with E-state index >= 15 is 0 Å². The van der Waals surface area contributed by atoms with Gasteiger partial charge in [-0.25, -0.2) is 0 Å². The van der Waals surface area contributed by atoms with Crippen LogP contribution in [0.5, 0.6) is 11.5 Å². The van der Waals surface area contributed by atoms with Crippen molar-refractivity contribution >= 4 is 11.5 Å². The van der Waals surface area contributed by atoms with Gasteiger partial charge in [-0.1, -0.05) is 42.5 Å². The number of hydrogen-bond acceptors (Lipinski definition) is 4. The number of rotatable bonds is 4. The van der Waals surface area contributed by atoms with Gasteiger partial charge in [0.25, 0.3) is 0 Å². The highest BCUT2D eigenvalue weighted by Crippen LogP contribution is 2.36. The Morgan fingerprint density at radius 1 is 0.885 bits per heavy atom. The van der Waals surface area contributed by atoms with Crippen LogP contribution >= 0.6 is 0 Å². The Morgan fingerprint density at radius 2 is 1.58 bits per heavy atom. The topological polar surface area (TPSA) is 47.6 Å². The molecule has 1 heterocycles. The van der Waals surface area contributed by atoms with Crippen LogP contribution in [0.3, 0.4) is 0 Å². The molecule has 0 bridgehead atoms. The van der Waals surface area contributed by atoms with Crippen LogP contribution in [-0.4, -0.2) is 18.9 Å². The van der Waals surface area contributed by atoms with E-state index in [1.54, 1.807) is 7.11 Å². The molecule has 0 spiro atoms. The van der Waals surface area contributed by atoms with Crippen molar-refractivity contribution < 1.29 is 14.3 Å². The van der Waals surface area contributed by atoms with Crippen LogP contribution in [0.25, 0.3) is 0 Å². The summed E-state index contributed by atoms with van der Waals surface area (Å²) in [5, 5.41) is 3.34. The van der Waals surface area contributed by atoms with Gasteiger partial charge in [0.15, 0.2) is 11.9 Å². The summed E-state index contributed by atoms with van der Waals surface area (Å²) < 4.78 is 11.5. The van der Waals surface area contributed by atoms with Gasteiger partial charge in [-0.3, -0.25) is 4.79 Å². The lowest BCUT2D eigenvalue weighted by Crippen LogP contribution is -2.42. The molecule has 3 aromatic carbocycles.